The molecule has 7 nitrogen and oxygen atoms in total. The second kappa shape index (κ2) is 8.70. The number of pyridine rings is 2. The van der Waals surface area contributed by atoms with Crippen molar-refractivity contribution in [1.29, 1.82) is 0 Å². The van der Waals surface area contributed by atoms with Gasteiger partial charge in [0.15, 0.2) is 11.4 Å². The van der Waals surface area contributed by atoms with Crippen molar-refractivity contribution in [3.8, 4) is 11.5 Å². The van der Waals surface area contributed by atoms with E-state index in [4.69, 9.17) is 9.40 Å². The lowest BCUT2D eigenvalue weighted by Crippen LogP contribution is -2.30. The first-order valence-corrected chi connectivity index (χ1v) is 10.8. The van der Waals surface area contributed by atoms with Crippen molar-refractivity contribution in [1.82, 2.24) is 25.1 Å². The van der Waals surface area contributed by atoms with Gasteiger partial charge in [-0.2, -0.15) is 5.10 Å². The molecule has 1 N–H and O–H groups in total. The lowest BCUT2D eigenvalue weighted by Gasteiger charge is -2.19. The van der Waals surface area contributed by atoms with Crippen LogP contribution in [0.5, 0.6) is 0 Å². The molecule has 5 rings (SSSR count). The molecule has 33 heavy (non-hydrogen) atoms. The molecule has 1 aromatic carbocycles. The molecule has 7 heteroatoms. The van der Waals surface area contributed by atoms with Crippen LogP contribution < -0.4 is 5.32 Å². The lowest BCUT2D eigenvalue weighted by molar-refractivity contribution is 0.0944. The molecule has 0 aliphatic heterocycles. The Morgan fingerprint density at radius 2 is 1.85 bits per heavy atom. The maximum Gasteiger partial charge on any atom is 0.252 e. The molecule has 164 valence electrons. The number of nitrogens with one attached hydrogen (secondary N) is 1. The smallest absolute Gasteiger partial charge is 0.252 e. The Balaban J connectivity index is 1.61. The molecule has 4 heterocycles. The Hall–Kier alpha value is -4.26. The Morgan fingerprint density at radius 1 is 1.03 bits per heavy atom. The summed E-state index contributed by atoms with van der Waals surface area (Å²) < 4.78 is 7.38. The quantitative estimate of drug-likeness (QED) is 0.395. The second-order valence-electron chi connectivity index (χ2n) is 8.02. The molecular weight excluding hydrogens is 414 g/mol. The van der Waals surface area contributed by atoms with E-state index in [0.29, 0.717) is 28.1 Å². The van der Waals surface area contributed by atoms with Crippen molar-refractivity contribution < 1.29 is 9.21 Å². The Bertz CT molecular complexity index is 1340. The first-order chi connectivity index (χ1) is 16.1. The predicted molar refractivity (Wildman–Crippen MR) is 126 cm³/mol. The number of fused-ring (bicyclic) bond motifs is 1. The van der Waals surface area contributed by atoms with E-state index in [9.17, 15) is 4.79 Å². The zero-order valence-corrected chi connectivity index (χ0v) is 18.3. The molecule has 0 spiro atoms. The fourth-order valence-corrected chi connectivity index (χ4v) is 3.86. The van der Waals surface area contributed by atoms with Gasteiger partial charge in [-0.05, 0) is 49.7 Å². The monoisotopic (exact) mass is 437 g/mol. The fourth-order valence-electron chi connectivity index (χ4n) is 3.86. The number of hydrogen-bond donors (Lipinski definition) is 1. The highest BCUT2D eigenvalue weighted by Crippen LogP contribution is 2.28. The van der Waals surface area contributed by atoms with Gasteiger partial charge in [0.25, 0.3) is 5.91 Å². The number of furan rings is 1. The summed E-state index contributed by atoms with van der Waals surface area (Å²) in [6.07, 6.45) is 5.01. The molecule has 0 fully saturated rings. The largest absolute Gasteiger partial charge is 0.463 e. The van der Waals surface area contributed by atoms with Gasteiger partial charge >= 0.3 is 0 Å². The van der Waals surface area contributed by atoms with Gasteiger partial charge in [-0.25, -0.2) is 9.67 Å². The molecule has 0 saturated heterocycles. The van der Waals surface area contributed by atoms with Crippen molar-refractivity contribution in [3.05, 3.63) is 102 Å². The molecule has 0 radical (unpaired) electrons. The minimum absolute atomic E-state index is 0.0864. The number of amides is 1. The van der Waals surface area contributed by atoms with Gasteiger partial charge < -0.3 is 9.73 Å². The topological polar surface area (TPSA) is 85.8 Å². The molecule has 5 aromatic rings. The van der Waals surface area contributed by atoms with Crippen LogP contribution >= 0.6 is 0 Å². The van der Waals surface area contributed by atoms with Crippen molar-refractivity contribution in [2.75, 3.05) is 0 Å². The maximum absolute atomic E-state index is 13.7. The summed E-state index contributed by atoms with van der Waals surface area (Å²) in [7, 11) is 0. The van der Waals surface area contributed by atoms with Crippen LogP contribution in [0.4, 0.5) is 0 Å². The van der Waals surface area contributed by atoms with Crippen molar-refractivity contribution in [2.45, 2.75) is 25.9 Å². The van der Waals surface area contributed by atoms with Gasteiger partial charge in [0.05, 0.1) is 35.1 Å². The van der Waals surface area contributed by atoms with E-state index < -0.39 is 6.04 Å². The summed E-state index contributed by atoms with van der Waals surface area (Å²) in [4.78, 5) is 22.9. The van der Waals surface area contributed by atoms with Crippen LogP contribution in [0.3, 0.4) is 0 Å². The van der Waals surface area contributed by atoms with Crippen molar-refractivity contribution in [2.24, 2.45) is 0 Å². The highest BCUT2D eigenvalue weighted by Gasteiger charge is 2.23. The van der Waals surface area contributed by atoms with Crippen LogP contribution in [0.15, 0.2) is 89.8 Å². The third-order valence-corrected chi connectivity index (χ3v) is 5.47. The van der Waals surface area contributed by atoms with E-state index in [1.165, 1.54) is 0 Å². The molecule has 0 saturated carbocycles. The molecule has 4 aromatic heterocycles. The van der Waals surface area contributed by atoms with Gasteiger partial charge in [-0.1, -0.05) is 36.4 Å². The van der Waals surface area contributed by atoms with E-state index in [0.717, 1.165) is 11.3 Å². The Labute approximate surface area is 191 Å². The average Bonchev–Trinajstić information content (AvgIpc) is 3.53. The van der Waals surface area contributed by atoms with Crippen LogP contribution in [-0.2, 0) is 0 Å². The van der Waals surface area contributed by atoms with Crippen LogP contribution in [-0.4, -0.2) is 25.7 Å². The number of carbonyl (C=O) groups excluding carboxylic acids is 1. The molecule has 0 aliphatic carbocycles. The molecule has 1 unspecified atom stereocenters. The first-order valence-electron chi connectivity index (χ1n) is 10.8. The third-order valence-electron chi connectivity index (χ3n) is 5.47. The van der Waals surface area contributed by atoms with Gasteiger partial charge in [-0.3, -0.25) is 9.78 Å². The van der Waals surface area contributed by atoms with Crippen LogP contribution in [0.1, 0.15) is 47.5 Å². The minimum atomic E-state index is -0.407. The number of benzene rings is 1. The summed E-state index contributed by atoms with van der Waals surface area (Å²) in [5.74, 6) is 0.352. The number of rotatable bonds is 6. The van der Waals surface area contributed by atoms with Crippen LogP contribution in [0, 0.1) is 0 Å². The lowest BCUT2D eigenvalue weighted by atomic mass is 10.0. The standard InChI is InChI=1S/C26H23N5O2/c1-17(2)31-25-20(16-28-31)19(15-22(29-25)23-12-8-14-33-23)26(32)30-24(18-9-4-3-5-10-18)21-11-6-7-13-27-21/h3-17,24H,1-2H3,(H,30,32). The molecular formula is C26H23N5O2. The Morgan fingerprint density at radius 3 is 2.55 bits per heavy atom. The summed E-state index contributed by atoms with van der Waals surface area (Å²) in [5.41, 5.74) is 3.40. The number of hydrogen-bond acceptors (Lipinski definition) is 5. The van der Waals surface area contributed by atoms with E-state index in [2.05, 4.69) is 15.4 Å². The van der Waals surface area contributed by atoms with E-state index in [1.54, 1.807) is 30.8 Å². The van der Waals surface area contributed by atoms with E-state index in [1.807, 2.05) is 73.1 Å². The second-order valence-corrected chi connectivity index (χ2v) is 8.02. The summed E-state index contributed by atoms with van der Waals surface area (Å²) >= 11 is 0. The predicted octanol–water partition coefficient (Wildman–Crippen LogP) is 5.19. The van der Waals surface area contributed by atoms with Crippen LogP contribution in [0.2, 0.25) is 0 Å². The highest BCUT2D eigenvalue weighted by atomic mass is 16.3. The minimum Gasteiger partial charge on any atom is -0.463 e. The average molecular weight is 438 g/mol. The molecule has 1 atom stereocenters. The summed E-state index contributed by atoms with van der Waals surface area (Å²) in [6, 6.07) is 20.5. The zero-order chi connectivity index (χ0) is 22.8. The number of nitrogens with zero attached hydrogens (tertiary/aromatic N) is 4. The zero-order valence-electron chi connectivity index (χ0n) is 18.3. The van der Waals surface area contributed by atoms with Gasteiger partial charge in [-0.15, -0.1) is 0 Å². The molecule has 1 amide bonds. The SMILES string of the molecule is CC(C)n1ncc2c(C(=O)NC(c3ccccc3)c3ccccn3)cc(-c3ccco3)nc21. The summed E-state index contributed by atoms with van der Waals surface area (Å²) in [6.45, 7) is 4.06. The van der Waals surface area contributed by atoms with Gasteiger partial charge in [0.2, 0.25) is 0 Å². The number of carbonyl (C=O) groups is 1. The van der Waals surface area contributed by atoms with Crippen LogP contribution in [0.25, 0.3) is 22.5 Å². The van der Waals surface area contributed by atoms with E-state index >= 15 is 0 Å². The maximum atomic E-state index is 13.7. The third kappa shape index (κ3) is 4.01. The van der Waals surface area contributed by atoms with Crippen molar-refractivity contribution in [3.63, 3.8) is 0 Å². The highest BCUT2D eigenvalue weighted by molar-refractivity contribution is 6.06. The van der Waals surface area contributed by atoms with Crippen molar-refractivity contribution >= 4 is 16.9 Å². The molecule has 0 aliphatic rings. The summed E-state index contributed by atoms with van der Waals surface area (Å²) in [5, 5.41) is 8.34. The fraction of sp³-hybridized carbons (Fsp3) is 0.154. The first kappa shape index (κ1) is 20.6. The van der Waals surface area contributed by atoms with E-state index in [-0.39, 0.29) is 11.9 Å². The Kier molecular flexibility index (Phi) is 5.44. The molecule has 0 bridgehead atoms. The number of aromatic nitrogens is 4. The van der Waals surface area contributed by atoms with Gasteiger partial charge in [0.1, 0.15) is 5.69 Å². The van der Waals surface area contributed by atoms with Gasteiger partial charge in [0, 0.05) is 12.2 Å². The normalized spacial score (nSPS) is 12.2.